The summed E-state index contributed by atoms with van der Waals surface area (Å²) in [5, 5.41) is 17.8. The lowest BCUT2D eigenvalue weighted by Crippen LogP contribution is -2.37. The Morgan fingerprint density at radius 1 is 1.14 bits per heavy atom. The Morgan fingerprint density at radius 2 is 1.95 bits per heavy atom. The lowest BCUT2D eigenvalue weighted by molar-refractivity contribution is 0.0384. The van der Waals surface area contributed by atoms with Gasteiger partial charge in [0.1, 0.15) is 5.60 Å². The molecule has 0 saturated heterocycles. The maximum atomic E-state index is 12.9. The summed E-state index contributed by atoms with van der Waals surface area (Å²) in [5.74, 6) is 1.53. The number of alkyl carbamates (subject to hydrolysis) is 1. The van der Waals surface area contributed by atoms with Crippen molar-refractivity contribution in [2.75, 3.05) is 13.3 Å². The van der Waals surface area contributed by atoms with E-state index in [0.29, 0.717) is 35.6 Å². The molecule has 2 aromatic carbocycles. The standard InChI is InChI=1S/C32H33N5O6/c1-19(2)24-16-34-37-21(14-25(35-29(24)37)23-9-7-11-27-28(23)42-18-41-27)15-32(3,4)43-30(38)33-13-12-20-17-36(31(39)40)26-10-6-5-8-22(20)26/h5-11,14,16-17,19H,12-13,15,18H2,1-4H3,(H,33,38)(H,39,40). The van der Waals surface area contributed by atoms with Crippen molar-refractivity contribution in [2.24, 2.45) is 0 Å². The molecule has 1 aliphatic heterocycles. The molecule has 1 amide bonds. The first-order valence-corrected chi connectivity index (χ1v) is 14.2. The highest BCUT2D eigenvalue weighted by Crippen LogP contribution is 2.41. The third-order valence-electron chi connectivity index (χ3n) is 7.51. The van der Waals surface area contributed by atoms with Crippen molar-refractivity contribution < 1.29 is 28.9 Å². The fourth-order valence-corrected chi connectivity index (χ4v) is 5.51. The van der Waals surface area contributed by atoms with Crippen LogP contribution in [0.5, 0.6) is 11.5 Å². The average molecular weight is 584 g/mol. The minimum atomic E-state index is -1.06. The van der Waals surface area contributed by atoms with E-state index in [1.54, 1.807) is 22.8 Å². The topological polar surface area (TPSA) is 129 Å². The number of benzene rings is 2. The number of para-hydroxylation sites is 2. The van der Waals surface area contributed by atoms with Crippen molar-refractivity contribution in [1.29, 1.82) is 0 Å². The van der Waals surface area contributed by atoms with E-state index in [4.69, 9.17) is 19.2 Å². The summed E-state index contributed by atoms with van der Waals surface area (Å²) in [6.07, 6.45) is 2.61. The third kappa shape index (κ3) is 5.45. The first-order chi connectivity index (χ1) is 20.6. The van der Waals surface area contributed by atoms with Gasteiger partial charge in [0.2, 0.25) is 6.79 Å². The molecule has 0 spiro atoms. The zero-order chi connectivity index (χ0) is 30.3. The first-order valence-electron chi connectivity index (χ1n) is 14.2. The van der Waals surface area contributed by atoms with Gasteiger partial charge in [0, 0.05) is 35.7 Å². The van der Waals surface area contributed by atoms with Crippen molar-refractivity contribution in [3.05, 3.63) is 77.7 Å². The molecule has 222 valence electrons. The molecule has 0 radical (unpaired) electrons. The molecule has 0 aliphatic carbocycles. The molecule has 4 heterocycles. The molecule has 6 rings (SSSR count). The lowest BCUT2D eigenvalue weighted by atomic mass is 10.00. The Hall–Kier alpha value is -5.06. The van der Waals surface area contributed by atoms with E-state index >= 15 is 0 Å². The number of carbonyl (C=O) groups is 2. The van der Waals surface area contributed by atoms with Gasteiger partial charge in [0.05, 0.1) is 23.1 Å². The SMILES string of the molecule is CC(C)c1cnn2c(CC(C)(C)OC(=O)NCCc3cn(C(=O)O)c4ccccc34)cc(-c3cccc4c3OCO4)nc12. The Labute approximate surface area is 248 Å². The number of hydrogen-bond acceptors (Lipinski definition) is 7. The number of rotatable bonds is 8. The molecular formula is C32H33N5O6. The minimum Gasteiger partial charge on any atom is -0.464 e. The number of nitrogens with one attached hydrogen (secondary N) is 1. The van der Waals surface area contributed by atoms with Crippen molar-refractivity contribution in [2.45, 2.75) is 52.1 Å². The fourth-order valence-electron chi connectivity index (χ4n) is 5.51. The monoisotopic (exact) mass is 583 g/mol. The number of hydrogen-bond donors (Lipinski definition) is 2. The summed E-state index contributed by atoms with van der Waals surface area (Å²) in [5.41, 5.74) is 4.64. The van der Waals surface area contributed by atoms with Crippen LogP contribution in [0.1, 0.15) is 50.4 Å². The van der Waals surface area contributed by atoms with Crippen molar-refractivity contribution in [3.8, 4) is 22.8 Å². The Bertz CT molecular complexity index is 1850. The molecule has 11 nitrogen and oxygen atoms in total. The fraction of sp³-hybridized carbons (Fsp3) is 0.312. The van der Waals surface area contributed by atoms with Crippen molar-refractivity contribution >= 4 is 28.7 Å². The largest absolute Gasteiger partial charge is 0.464 e. The number of amides is 1. The summed E-state index contributed by atoms with van der Waals surface area (Å²) in [7, 11) is 0. The Kier molecular flexibility index (Phi) is 7.17. The molecule has 43 heavy (non-hydrogen) atoms. The second kappa shape index (κ2) is 11.0. The van der Waals surface area contributed by atoms with Gasteiger partial charge in [-0.1, -0.05) is 38.1 Å². The molecule has 1 aliphatic rings. The summed E-state index contributed by atoms with van der Waals surface area (Å²) in [6, 6.07) is 15.0. The number of fused-ring (bicyclic) bond motifs is 3. The van der Waals surface area contributed by atoms with Gasteiger partial charge in [0.25, 0.3) is 0 Å². The van der Waals surface area contributed by atoms with Crippen LogP contribution < -0.4 is 14.8 Å². The van der Waals surface area contributed by atoms with Crippen molar-refractivity contribution in [1.82, 2.24) is 24.5 Å². The van der Waals surface area contributed by atoms with E-state index in [2.05, 4.69) is 24.3 Å². The van der Waals surface area contributed by atoms with E-state index in [0.717, 1.165) is 33.4 Å². The number of carboxylic acid groups (broad SMARTS) is 1. The smallest absolute Gasteiger partial charge is 0.416 e. The van der Waals surface area contributed by atoms with E-state index in [-0.39, 0.29) is 19.3 Å². The Balaban J connectivity index is 1.20. The first kappa shape index (κ1) is 28.1. The van der Waals surface area contributed by atoms with Crippen LogP contribution in [0.2, 0.25) is 0 Å². The zero-order valence-electron chi connectivity index (χ0n) is 24.5. The minimum absolute atomic E-state index is 0.156. The van der Waals surface area contributed by atoms with E-state index in [1.807, 2.05) is 56.4 Å². The maximum Gasteiger partial charge on any atom is 0.416 e. The molecule has 0 saturated carbocycles. The summed E-state index contributed by atoms with van der Waals surface area (Å²) >= 11 is 0. The summed E-state index contributed by atoms with van der Waals surface area (Å²) in [6.45, 7) is 8.33. The van der Waals surface area contributed by atoms with Crippen LogP contribution in [0.25, 0.3) is 27.8 Å². The highest BCUT2D eigenvalue weighted by Gasteiger charge is 2.28. The summed E-state index contributed by atoms with van der Waals surface area (Å²) in [4.78, 5) is 29.5. The predicted octanol–water partition coefficient (Wildman–Crippen LogP) is 6.02. The van der Waals surface area contributed by atoms with E-state index in [1.165, 1.54) is 4.57 Å². The Morgan fingerprint density at radius 3 is 2.74 bits per heavy atom. The van der Waals surface area contributed by atoms with Gasteiger partial charge < -0.3 is 24.6 Å². The van der Waals surface area contributed by atoms with Crippen LogP contribution in [0.15, 0.2) is 60.9 Å². The molecule has 5 aromatic rings. The van der Waals surface area contributed by atoms with Crippen LogP contribution in [0.4, 0.5) is 9.59 Å². The second-order valence-electron chi connectivity index (χ2n) is 11.5. The third-order valence-corrected chi connectivity index (χ3v) is 7.51. The van der Waals surface area contributed by atoms with Gasteiger partial charge in [-0.25, -0.2) is 19.1 Å². The van der Waals surface area contributed by atoms with Crippen LogP contribution in [-0.2, 0) is 17.6 Å². The second-order valence-corrected chi connectivity index (χ2v) is 11.5. The molecule has 11 heteroatoms. The maximum absolute atomic E-state index is 12.9. The van der Waals surface area contributed by atoms with Gasteiger partial charge in [-0.2, -0.15) is 5.10 Å². The van der Waals surface area contributed by atoms with Crippen molar-refractivity contribution in [3.63, 3.8) is 0 Å². The molecule has 3 aromatic heterocycles. The van der Waals surface area contributed by atoms with Gasteiger partial charge in [-0.3, -0.25) is 4.57 Å². The van der Waals surface area contributed by atoms with Crippen LogP contribution in [0, 0.1) is 0 Å². The number of nitrogens with zero attached hydrogens (tertiary/aromatic N) is 4. The van der Waals surface area contributed by atoms with Gasteiger partial charge in [-0.15, -0.1) is 0 Å². The average Bonchev–Trinajstić information content (AvgIpc) is 3.69. The molecular weight excluding hydrogens is 550 g/mol. The number of carbonyl (C=O) groups excluding carboxylic acids is 1. The van der Waals surface area contributed by atoms with Crippen LogP contribution in [0.3, 0.4) is 0 Å². The molecule has 0 fully saturated rings. The van der Waals surface area contributed by atoms with Gasteiger partial charge in [-0.05, 0) is 56.0 Å². The number of aromatic nitrogens is 4. The van der Waals surface area contributed by atoms with Gasteiger partial charge >= 0.3 is 12.2 Å². The van der Waals surface area contributed by atoms with E-state index < -0.39 is 17.8 Å². The van der Waals surface area contributed by atoms with Crippen LogP contribution >= 0.6 is 0 Å². The highest BCUT2D eigenvalue weighted by molar-refractivity contribution is 5.91. The normalized spacial score (nSPS) is 12.8. The molecule has 0 atom stereocenters. The summed E-state index contributed by atoms with van der Waals surface area (Å²) < 4.78 is 20.2. The molecule has 0 bridgehead atoms. The molecule has 0 unspecified atom stereocenters. The highest BCUT2D eigenvalue weighted by atomic mass is 16.7. The van der Waals surface area contributed by atoms with E-state index in [9.17, 15) is 14.7 Å². The van der Waals surface area contributed by atoms with Gasteiger partial charge in [0.15, 0.2) is 17.1 Å². The lowest BCUT2D eigenvalue weighted by Gasteiger charge is -2.26. The zero-order valence-corrected chi connectivity index (χ0v) is 24.5. The predicted molar refractivity (Wildman–Crippen MR) is 160 cm³/mol. The quantitative estimate of drug-likeness (QED) is 0.227. The number of ether oxygens (including phenoxy) is 3. The molecule has 2 N–H and O–H groups in total. The van der Waals surface area contributed by atoms with Crippen LogP contribution in [-0.4, -0.2) is 55.4 Å².